The van der Waals surface area contributed by atoms with Gasteiger partial charge < -0.3 is 5.32 Å². The first kappa shape index (κ1) is 18.8. The Kier molecular flexibility index (Phi) is 9.60. The van der Waals surface area contributed by atoms with Crippen LogP contribution >= 0.6 is 0 Å². The Bertz CT molecular complexity index is 320. The summed E-state index contributed by atoms with van der Waals surface area (Å²) < 4.78 is 27.9. The third kappa shape index (κ3) is 6.21. The maximum absolute atomic E-state index is 12.4. The van der Waals surface area contributed by atoms with E-state index in [1.165, 1.54) is 4.31 Å². The molecule has 0 spiro atoms. The molecule has 116 valence electrons. The fourth-order valence-electron chi connectivity index (χ4n) is 1.93. The van der Waals surface area contributed by atoms with Crippen LogP contribution in [0.1, 0.15) is 47.0 Å². The van der Waals surface area contributed by atoms with Gasteiger partial charge in [-0.1, -0.05) is 20.8 Å². The quantitative estimate of drug-likeness (QED) is 0.590. The van der Waals surface area contributed by atoms with Crippen molar-refractivity contribution in [3.63, 3.8) is 0 Å². The topological polar surface area (TPSA) is 52.7 Å². The second-order valence-corrected chi connectivity index (χ2v) is 6.88. The van der Waals surface area contributed by atoms with Gasteiger partial charge in [0.15, 0.2) is 0 Å². The minimum atomic E-state index is -3.32. The van der Waals surface area contributed by atoms with E-state index >= 15 is 0 Å². The fraction of sp³-hybridized carbons (Fsp3) is 1.00. The van der Waals surface area contributed by atoms with Crippen LogP contribution in [0.25, 0.3) is 0 Å². The molecule has 0 bridgehead atoms. The van der Waals surface area contributed by atoms with Gasteiger partial charge >= 0.3 is 0 Å². The Morgan fingerprint density at radius 3 is 2.26 bits per heavy atom. The van der Waals surface area contributed by atoms with Crippen molar-refractivity contribution in [1.29, 1.82) is 0 Å². The van der Waals surface area contributed by atoms with Crippen molar-refractivity contribution in [2.24, 2.45) is 0 Å². The molecular weight excluding hydrogens is 262 g/mol. The monoisotopic (exact) mass is 293 g/mol. The fourth-order valence-corrected chi connectivity index (χ4v) is 3.58. The van der Waals surface area contributed by atoms with Crippen LogP contribution in [0.3, 0.4) is 0 Å². The summed E-state index contributed by atoms with van der Waals surface area (Å²) in [6.07, 6.45) is 2.78. The minimum Gasteiger partial charge on any atom is -0.317 e. The molecule has 0 rings (SSSR count). The average Bonchev–Trinajstić information content (AvgIpc) is 2.38. The molecule has 0 radical (unpaired) electrons. The molecule has 0 heterocycles. The van der Waals surface area contributed by atoms with E-state index in [2.05, 4.69) is 12.2 Å². The van der Waals surface area contributed by atoms with Gasteiger partial charge in [-0.2, -0.15) is 17.0 Å². The average molecular weight is 293 g/mol. The highest BCUT2D eigenvalue weighted by Crippen LogP contribution is 2.13. The number of rotatable bonds is 11. The van der Waals surface area contributed by atoms with Crippen molar-refractivity contribution in [1.82, 2.24) is 13.9 Å². The lowest BCUT2D eigenvalue weighted by Crippen LogP contribution is -2.46. The van der Waals surface area contributed by atoms with Crippen LogP contribution in [0.4, 0.5) is 0 Å². The van der Waals surface area contributed by atoms with Crippen LogP contribution in [-0.2, 0) is 10.2 Å². The number of nitrogens with one attached hydrogen (secondary N) is 1. The Morgan fingerprint density at radius 1 is 1.16 bits per heavy atom. The van der Waals surface area contributed by atoms with Crippen LogP contribution in [0, 0.1) is 0 Å². The van der Waals surface area contributed by atoms with Gasteiger partial charge in [0.25, 0.3) is 10.2 Å². The second kappa shape index (κ2) is 9.69. The highest BCUT2D eigenvalue weighted by molar-refractivity contribution is 7.86. The molecule has 5 nitrogen and oxygen atoms in total. The van der Waals surface area contributed by atoms with Crippen molar-refractivity contribution in [3.8, 4) is 0 Å². The molecule has 0 aromatic rings. The van der Waals surface area contributed by atoms with E-state index in [0.717, 1.165) is 32.4 Å². The van der Waals surface area contributed by atoms with Crippen LogP contribution < -0.4 is 5.32 Å². The Hall–Kier alpha value is -0.170. The van der Waals surface area contributed by atoms with Crippen molar-refractivity contribution in [2.75, 3.05) is 33.2 Å². The first-order valence-corrected chi connectivity index (χ1v) is 8.75. The highest BCUT2D eigenvalue weighted by Gasteiger charge is 2.28. The van der Waals surface area contributed by atoms with E-state index in [4.69, 9.17) is 0 Å². The van der Waals surface area contributed by atoms with E-state index in [1.54, 1.807) is 11.4 Å². The molecule has 0 aliphatic carbocycles. The molecular formula is C13H31N3O2S. The Balaban J connectivity index is 4.37. The summed E-state index contributed by atoms with van der Waals surface area (Å²) >= 11 is 0. The maximum atomic E-state index is 12.4. The summed E-state index contributed by atoms with van der Waals surface area (Å²) in [5.74, 6) is 0. The van der Waals surface area contributed by atoms with E-state index in [9.17, 15) is 8.42 Å². The van der Waals surface area contributed by atoms with Gasteiger partial charge in [-0.05, 0) is 39.3 Å². The van der Waals surface area contributed by atoms with Crippen molar-refractivity contribution in [3.05, 3.63) is 0 Å². The standard InChI is InChI=1S/C13H31N3O2S/c1-6-10-14-11-9-12-15(5)19(17,18)16(8-3)13(4)7-2/h13-14H,6-12H2,1-5H3. The smallest absolute Gasteiger partial charge is 0.281 e. The number of hydrogen-bond acceptors (Lipinski definition) is 3. The molecule has 1 N–H and O–H groups in total. The van der Waals surface area contributed by atoms with Gasteiger partial charge in [-0.15, -0.1) is 0 Å². The zero-order valence-electron chi connectivity index (χ0n) is 13.1. The lowest BCUT2D eigenvalue weighted by molar-refractivity contribution is 0.308. The molecule has 1 unspecified atom stereocenters. The lowest BCUT2D eigenvalue weighted by Gasteiger charge is -2.30. The summed E-state index contributed by atoms with van der Waals surface area (Å²) in [7, 11) is -1.65. The van der Waals surface area contributed by atoms with Crippen LogP contribution in [0.5, 0.6) is 0 Å². The molecule has 0 fully saturated rings. The van der Waals surface area contributed by atoms with Crippen molar-refractivity contribution >= 4 is 10.2 Å². The summed E-state index contributed by atoms with van der Waals surface area (Å²) in [6.45, 7) is 10.9. The molecule has 0 aromatic carbocycles. The predicted molar refractivity (Wildman–Crippen MR) is 81.5 cm³/mol. The molecule has 0 aliphatic heterocycles. The van der Waals surface area contributed by atoms with Gasteiger partial charge in [0.1, 0.15) is 0 Å². The minimum absolute atomic E-state index is 0.0515. The van der Waals surface area contributed by atoms with Gasteiger partial charge in [0.2, 0.25) is 0 Å². The molecule has 0 aliphatic rings. The maximum Gasteiger partial charge on any atom is 0.281 e. The van der Waals surface area contributed by atoms with Crippen molar-refractivity contribution in [2.45, 2.75) is 53.0 Å². The molecule has 1 atom stereocenters. The SMILES string of the molecule is CCCNCCCN(C)S(=O)(=O)N(CC)C(C)CC. The van der Waals surface area contributed by atoms with Gasteiger partial charge in [-0.3, -0.25) is 0 Å². The first-order chi connectivity index (χ1) is 8.91. The van der Waals surface area contributed by atoms with E-state index in [0.29, 0.717) is 13.1 Å². The number of hydrogen-bond donors (Lipinski definition) is 1. The van der Waals surface area contributed by atoms with Crippen LogP contribution in [0.2, 0.25) is 0 Å². The summed E-state index contributed by atoms with van der Waals surface area (Å²) in [4.78, 5) is 0. The lowest BCUT2D eigenvalue weighted by atomic mass is 10.3. The normalized spacial score (nSPS) is 14.3. The summed E-state index contributed by atoms with van der Waals surface area (Å²) in [5, 5.41) is 3.28. The Morgan fingerprint density at radius 2 is 1.79 bits per heavy atom. The van der Waals surface area contributed by atoms with E-state index in [1.807, 2.05) is 20.8 Å². The Labute approximate surface area is 119 Å². The molecule has 6 heteroatoms. The molecule has 0 saturated carbocycles. The summed E-state index contributed by atoms with van der Waals surface area (Å²) in [6, 6.07) is 0.0515. The molecule has 0 amide bonds. The number of nitrogens with zero attached hydrogens (tertiary/aromatic N) is 2. The zero-order chi connectivity index (χ0) is 14.9. The van der Waals surface area contributed by atoms with Crippen molar-refractivity contribution < 1.29 is 8.42 Å². The molecule has 19 heavy (non-hydrogen) atoms. The molecule has 0 saturated heterocycles. The highest BCUT2D eigenvalue weighted by atomic mass is 32.2. The third-order valence-corrected chi connectivity index (χ3v) is 5.52. The summed E-state index contributed by atoms with van der Waals surface area (Å²) in [5.41, 5.74) is 0. The second-order valence-electron chi connectivity index (χ2n) is 4.89. The largest absolute Gasteiger partial charge is 0.317 e. The molecule has 0 aromatic heterocycles. The van der Waals surface area contributed by atoms with Crippen LogP contribution in [-0.4, -0.2) is 56.3 Å². The van der Waals surface area contributed by atoms with Gasteiger partial charge in [-0.25, -0.2) is 0 Å². The van der Waals surface area contributed by atoms with Gasteiger partial charge in [0.05, 0.1) is 0 Å². The van der Waals surface area contributed by atoms with E-state index < -0.39 is 10.2 Å². The van der Waals surface area contributed by atoms with Crippen LogP contribution in [0.15, 0.2) is 0 Å². The predicted octanol–water partition coefficient (Wildman–Crippen LogP) is 1.67. The van der Waals surface area contributed by atoms with E-state index in [-0.39, 0.29) is 6.04 Å². The zero-order valence-corrected chi connectivity index (χ0v) is 14.0. The third-order valence-electron chi connectivity index (χ3n) is 3.34. The first-order valence-electron chi connectivity index (χ1n) is 7.35. The van der Waals surface area contributed by atoms with Gasteiger partial charge in [0, 0.05) is 26.2 Å².